The van der Waals surface area contributed by atoms with Gasteiger partial charge in [-0.05, 0) is 37.3 Å². The molecule has 2 heterocycles. The first kappa shape index (κ1) is 20.2. The van der Waals surface area contributed by atoms with Crippen molar-refractivity contribution >= 4 is 17.5 Å². The van der Waals surface area contributed by atoms with E-state index in [1.165, 1.54) is 18.3 Å². The van der Waals surface area contributed by atoms with Crippen LogP contribution in [0.5, 0.6) is 0 Å². The highest BCUT2D eigenvalue weighted by Crippen LogP contribution is 2.28. The molecule has 0 bridgehead atoms. The summed E-state index contributed by atoms with van der Waals surface area (Å²) in [7, 11) is 0. The number of nitrogens with one attached hydrogen (secondary N) is 1. The smallest absolute Gasteiger partial charge is 0.338 e. The number of nitro groups is 1. The predicted octanol–water partition coefficient (Wildman–Crippen LogP) is 2.56. The van der Waals surface area contributed by atoms with Gasteiger partial charge < -0.3 is 10.4 Å². The standard InChI is InChI=1S/C19H15N7O4/c1-12(25(26(29)30)17-4-2-3-7-21-17)24-16-8-13(9-20)5-6-15(16)18-22-10-14(11-23-18)19(27)28/h2-8,10-12,24H,1H3,(H,27,28). The maximum Gasteiger partial charge on any atom is 0.338 e. The van der Waals surface area contributed by atoms with Crippen molar-refractivity contribution in [1.29, 1.82) is 5.26 Å². The molecule has 0 aliphatic rings. The summed E-state index contributed by atoms with van der Waals surface area (Å²) in [6.45, 7) is 1.56. The minimum atomic E-state index is -1.16. The Labute approximate surface area is 170 Å². The fourth-order valence-electron chi connectivity index (χ4n) is 2.70. The van der Waals surface area contributed by atoms with Gasteiger partial charge in [0.15, 0.2) is 22.8 Å². The number of aromatic carboxylic acids is 1. The highest BCUT2D eigenvalue weighted by atomic mass is 16.7. The van der Waals surface area contributed by atoms with Crippen LogP contribution in [-0.4, -0.2) is 37.2 Å². The summed E-state index contributed by atoms with van der Waals surface area (Å²) in [5.41, 5.74) is 1.06. The largest absolute Gasteiger partial charge is 0.478 e. The first-order valence-electron chi connectivity index (χ1n) is 8.61. The van der Waals surface area contributed by atoms with E-state index < -0.39 is 17.2 Å². The lowest BCUT2D eigenvalue weighted by Gasteiger charge is -2.23. The van der Waals surface area contributed by atoms with Crippen molar-refractivity contribution in [2.75, 3.05) is 10.3 Å². The summed E-state index contributed by atoms with van der Waals surface area (Å²) in [6.07, 6.45) is 2.90. The average Bonchev–Trinajstić information content (AvgIpc) is 2.74. The molecule has 2 aromatic heterocycles. The molecule has 1 aromatic carbocycles. The van der Waals surface area contributed by atoms with Crippen molar-refractivity contribution in [3.05, 3.63) is 76.2 Å². The minimum Gasteiger partial charge on any atom is -0.478 e. The van der Waals surface area contributed by atoms with Gasteiger partial charge in [0.05, 0.1) is 17.2 Å². The lowest BCUT2D eigenvalue weighted by atomic mass is 10.1. The molecule has 150 valence electrons. The summed E-state index contributed by atoms with van der Waals surface area (Å²) in [4.78, 5) is 34.8. The lowest BCUT2D eigenvalue weighted by molar-refractivity contribution is -0.499. The van der Waals surface area contributed by atoms with Crippen LogP contribution in [0.3, 0.4) is 0 Å². The van der Waals surface area contributed by atoms with E-state index in [9.17, 15) is 20.2 Å². The first-order valence-corrected chi connectivity index (χ1v) is 8.61. The summed E-state index contributed by atoms with van der Waals surface area (Å²) in [5, 5.41) is 33.1. The number of nitriles is 1. The lowest BCUT2D eigenvalue weighted by Crippen LogP contribution is -2.43. The second-order valence-electron chi connectivity index (χ2n) is 6.06. The van der Waals surface area contributed by atoms with Crippen molar-refractivity contribution in [2.45, 2.75) is 13.1 Å². The van der Waals surface area contributed by atoms with Crippen LogP contribution >= 0.6 is 0 Å². The normalized spacial score (nSPS) is 11.2. The van der Waals surface area contributed by atoms with Gasteiger partial charge in [-0.2, -0.15) is 5.26 Å². The zero-order chi connectivity index (χ0) is 21.7. The van der Waals surface area contributed by atoms with E-state index >= 15 is 0 Å². The minimum absolute atomic E-state index is 0.0787. The number of nitrogens with zero attached hydrogens (tertiary/aromatic N) is 6. The zero-order valence-electron chi connectivity index (χ0n) is 15.6. The molecule has 0 saturated heterocycles. The molecule has 11 heteroatoms. The maximum absolute atomic E-state index is 11.6. The Morgan fingerprint density at radius 2 is 2.00 bits per heavy atom. The van der Waals surface area contributed by atoms with E-state index in [-0.39, 0.29) is 17.2 Å². The van der Waals surface area contributed by atoms with E-state index in [0.717, 1.165) is 17.4 Å². The van der Waals surface area contributed by atoms with Gasteiger partial charge in [0.2, 0.25) is 0 Å². The molecule has 30 heavy (non-hydrogen) atoms. The highest BCUT2D eigenvalue weighted by molar-refractivity contribution is 5.87. The SMILES string of the molecule is CC(Nc1cc(C#N)ccc1-c1ncc(C(=O)O)cn1)N(c1ccccn1)[N+](=O)[O-]. The summed E-state index contributed by atoms with van der Waals surface area (Å²) in [6, 6.07) is 11.4. The number of anilines is 2. The van der Waals surface area contributed by atoms with Crippen LogP contribution < -0.4 is 10.3 Å². The van der Waals surface area contributed by atoms with Crippen LogP contribution in [0.2, 0.25) is 0 Å². The number of carboxylic acids is 1. The number of hydrazine groups is 1. The average molecular weight is 405 g/mol. The third-order valence-electron chi connectivity index (χ3n) is 4.08. The number of hydrogen-bond acceptors (Lipinski definition) is 8. The van der Waals surface area contributed by atoms with Gasteiger partial charge in [-0.3, -0.25) is 0 Å². The van der Waals surface area contributed by atoms with Crippen LogP contribution in [0, 0.1) is 21.4 Å². The number of carboxylic acid groups (broad SMARTS) is 1. The topological polar surface area (TPSA) is 158 Å². The number of pyridine rings is 1. The molecule has 0 amide bonds. The Morgan fingerprint density at radius 1 is 1.27 bits per heavy atom. The molecule has 0 saturated carbocycles. The van der Waals surface area contributed by atoms with Crippen molar-refractivity contribution in [3.63, 3.8) is 0 Å². The molecule has 2 N–H and O–H groups in total. The molecule has 0 fully saturated rings. The van der Waals surface area contributed by atoms with E-state index in [2.05, 4.69) is 20.3 Å². The van der Waals surface area contributed by atoms with Crippen molar-refractivity contribution in [1.82, 2.24) is 15.0 Å². The van der Waals surface area contributed by atoms with Crippen molar-refractivity contribution in [3.8, 4) is 17.5 Å². The zero-order valence-corrected chi connectivity index (χ0v) is 15.6. The van der Waals surface area contributed by atoms with Crippen LogP contribution in [0.15, 0.2) is 55.0 Å². The van der Waals surface area contributed by atoms with Gasteiger partial charge >= 0.3 is 5.97 Å². The van der Waals surface area contributed by atoms with Crippen LogP contribution in [0.4, 0.5) is 11.5 Å². The van der Waals surface area contributed by atoms with Crippen LogP contribution in [0.1, 0.15) is 22.8 Å². The number of aromatic nitrogens is 3. The Bertz CT molecular complexity index is 1110. The van der Waals surface area contributed by atoms with E-state index in [4.69, 9.17) is 5.11 Å². The molecule has 1 atom stereocenters. The third kappa shape index (κ3) is 4.28. The molecule has 3 aromatic rings. The Balaban J connectivity index is 1.99. The third-order valence-corrected chi connectivity index (χ3v) is 4.08. The Hall–Kier alpha value is -4.59. The molecular weight excluding hydrogens is 390 g/mol. The van der Waals surface area contributed by atoms with Gasteiger partial charge in [-0.1, -0.05) is 11.1 Å². The molecule has 0 aliphatic carbocycles. The molecule has 1 unspecified atom stereocenters. The first-order chi connectivity index (χ1) is 14.4. The fraction of sp³-hybridized carbons (Fsp3) is 0.105. The van der Waals surface area contributed by atoms with E-state index in [0.29, 0.717) is 16.8 Å². The molecule has 3 rings (SSSR count). The summed E-state index contributed by atoms with van der Waals surface area (Å²) < 4.78 is 0. The van der Waals surface area contributed by atoms with Gasteiger partial charge in [-0.25, -0.2) is 29.9 Å². The molecule has 0 aliphatic heterocycles. The quantitative estimate of drug-likeness (QED) is 0.340. The number of benzene rings is 1. The second-order valence-corrected chi connectivity index (χ2v) is 6.06. The number of rotatable bonds is 7. The summed E-state index contributed by atoms with van der Waals surface area (Å²) in [5.74, 6) is -0.836. The van der Waals surface area contributed by atoms with E-state index in [1.54, 1.807) is 31.2 Å². The summed E-state index contributed by atoms with van der Waals surface area (Å²) >= 11 is 0. The monoisotopic (exact) mass is 405 g/mol. The van der Waals surface area contributed by atoms with E-state index in [1.807, 2.05) is 6.07 Å². The van der Waals surface area contributed by atoms with Crippen molar-refractivity contribution < 1.29 is 14.9 Å². The maximum atomic E-state index is 11.6. The Morgan fingerprint density at radius 3 is 2.57 bits per heavy atom. The Kier molecular flexibility index (Phi) is 5.79. The van der Waals surface area contributed by atoms with Crippen LogP contribution in [0.25, 0.3) is 11.4 Å². The number of carbonyl (C=O) groups is 1. The van der Waals surface area contributed by atoms with Gasteiger partial charge in [0.1, 0.15) is 0 Å². The second kappa shape index (κ2) is 8.61. The van der Waals surface area contributed by atoms with Crippen LogP contribution in [-0.2, 0) is 0 Å². The fourth-order valence-corrected chi connectivity index (χ4v) is 2.70. The molecular formula is C19H15N7O4. The predicted molar refractivity (Wildman–Crippen MR) is 106 cm³/mol. The molecule has 0 spiro atoms. The molecule has 0 radical (unpaired) electrons. The van der Waals surface area contributed by atoms with Crippen molar-refractivity contribution in [2.24, 2.45) is 0 Å². The molecule has 11 nitrogen and oxygen atoms in total. The van der Waals surface area contributed by atoms with Gasteiger partial charge in [-0.15, -0.1) is 0 Å². The number of hydrogen-bond donors (Lipinski definition) is 2. The van der Waals surface area contributed by atoms with Gasteiger partial charge in [0, 0.05) is 29.8 Å². The van der Waals surface area contributed by atoms with Gasteiger partial charge in [0.25, 0.3) is 0 Å². The highest BCUT2D eigenvalue weighted by Gasteiger charge is 2.27.